The zero-order valence-electron chi connectivity index (χ0n) is 8.94. The standard InChI is InChI=1S/C9H14ClN5O/c1-5-8(10)14-15-9(12-5)13-6-4-11-3-2-7(6)16/h6-7,11,16H,2-4H2,1H3,(H,12,13,15)/t6-,7-/m0/s1. The molecule has 2 heterocycles. The third kappa shape index (κ3) is 2.58. The molecule has 0 aliphatic carbocycles. The highest BCUT2D eigenvalue weighted by Gasteiger charge is 2.23. The number of aryl methyl sites for hydroxylation is 1. The zero-order valence-corrected chi connectivity index (χ0v) is 9.70. The third-order valence-corrected chi connectivity index (χ3v) is 2.91. The van der Waals surface area contributed by atoms with Crippen molar-refractivity contribution in [1.29, 1.82) is 0 Å². The van der Waals surface area contributed by atoms with Gasteiger partial charge in [0.15, 0.2) is 5.15 Å². The smallest absolute Gasteiger partial charge is 0.243 e. The van der Waals surface area contributed by atoms with Gasteiger partial charge in [-0.05, 0) is 19.9 Å². The maximum Gasteiger partial charge on any atom is 0.243 e. The van der Waals surface area contributed by atoms with Crippen LogP contribution in [-0.2, 0) is 0 Å². The van der Waals surface area contributed by atoms with E-state index < -0.39 is 0 Å². The summed E-state index contributed by atoms with van der Waals surface area (Å²) in [4.78, 5) is 4.15. The summed E-state index contributed by atoms with van der Waals surface area (Å²) in [5.41, 5.74) is 0.623. The second-order valence-electron chi connectivity index (χ2n) is 3.82. The van der Waals surface area contributed by atoms with Crippen LogP contribution in [0.2, 0.25) is 5.15 Å². The number of aromatic nitrogens is 3. The summed E-state index contributed by atoms with van der Waals surface area (Å²) in [6.45, 7) is 3.28. The monoisotopic (exact) mass is 243 g/mol. The number of hydrogen-bond acceptors (Lipinski definition) is 6. The molecule has 1 fully saturated rings. The van der Waals surface area contributed by atoms with Crippen LogP contribution < -0.4 is 10.6 Å². The highest BCUT2D eigenvalue weighted by atomic mass is 35.5. The molecule has 1 saturated heterocycles. The normalized spacial score (nSPS) is 25.4. The van der Waals surface area contributed by atoms with E-state index in [0.717, 1.165) is 13.0 Å². The number of halogens is 1. The van der Waals surface area contributed by atoms with E-state index in [0.29, 0.717) is 23.3 Å². The lowest BCUT2D eigenvalue weighted by molar-refractivity contribution is 0.124. The van der Waals surface area contributed by atoms with Crippen LogP contribution in [0.3, 0.4) is 0 Å². The molecule has 0 aromatic carbocycles. The molecule has 0 radical (unpaired) electrons. The molecule has 6 nitrogen and oxygen atoms in total. The lowest BCUT2D eigenvalue weighted by atomic mass is 10.0. The number of piperidine rings is 1. The zero-order chi connectivity index (χ0) is 11.5. The number of aliphatic hydroxyl groups excluding tert-OH is 1. The Labute approximate surface area is 98.4 Å². The van der Waals surface area contributed by atoms with E-state index in [1.165, 1.54) is 0 Å². The minimum Gasteiger partial charge on any atom is -0.391 e. The van der Waals surface area contributed by atoms with Crippen molar-refractivity contribution in [3.63, 3.8) is 0 Å². The first-order valence-corrected chi connectivity index (χ1v) is 5.57. The Morgan fingerprint density at radius 1 is 1.50 bits per heavy atom. The fraction of sp³-hybridized carbons (Fsp3) is 0.667. The van der Waals surface area contributed by atoms with Crippen LogP contribution in [0.15, 0.2) is 0 Å². The fourth-order valence-corrected chi connectivity index (χ4v) is 1.69. The van der Waals surface area contributed by atoms with Gasteiger partial charge in [0.05, 0.1) is 17.8 Å². The van der Waals surface area contributed by atoms with Crippen molar-refractivity contribution in [2.45, 2.75) is 25.5 Å². The summed E-state index contributed by atoms with van der Waals surface area (Å²) >= 11 is 5.73. The summed E-state index contributed by atoms with van der Waals surface area (Å²) < 4.78 is 0. The van der Waals surface area contributed by atoms with Crippen molar-refractivity contribution in [2.75, 3.05) is 18.4 Å². The molecule has 1 aliphatic rings. The van der Waals surface area contributed by atoms with Gasteiger partial charge in [-0.2, -0.15) is 0 Å². The van der Waals surface area contributed by atoms with Crippen LogP contribution in [0.25, 0.3) is 0 Å². The Kier molecular flexibility index (Phi) is 3.52. The Bertz CT molecular complexity index is 375. The third-order valence-electron chi connectivity index (χ3n) is 2.56. The van der Waals surface area contributed by atoms with Gasteiger partial charge in [-0.25, -0.2) is 4.98 Å². The molecule has 0 bridgehead atoms. The van der Waals surface area contributed by atoms with Gasteiger partial charge < -0.3 is 15.7 Å². The van der Waals surface area contributed by atoms with Crippen molar-refractivity contribution >= 4 is 17.5 Å². The molecule has 0 unspecified atom stereocenters. The molecule has 3 N–H and O–H groups in total. The van der Waals surface area contributed by atoms with Gasteiger partial charge in [0.1, 0.15) is 0 Å². The van der Waals surface area contributed by atoms with Crippen LogP contribution in [0, 0.1) is 6.92 Å². The Morgan fingerprint density at radius 3 is 3.00 bits per heavy atom. The second kappa shape index (κ2) is 4.90. The highest BCUT2D eigenvalue weighted by Crippen LogP contribution is 2.12. The van der Waals surface area contributed by atoms with Crippen molar-refractivity contribution in [2.24, 2.45) is 0 Å². The molecule has 0 spiro atoms. The highest BCUT2D eigenvalue weighted by molar-refractivity contribution is 6.29. The quantitative estimate of drug-likeness (QED) is 0.677. The average molecular weight is 244 g/mol. The van der Waals surface area contributed by atoms with E-state index in [1.54, 1.807) is 6.92 Å². The lowest BCUT2D eigenvalue weighted by Gasteiger charge is -2.28. The van der Waals surface area contributed by atoms with E-state index in [9.17, 15) is 5.11 Å². The Hall–Kier alpha value is -0.980. The predicted octanol–water partition coefficient (Wildman–Crippen LogP) is -0.0319. The molecule has 2 rings (SSSR count). The number of anilines is 1. The van der Waals surface area contributed by atoms with E-state index >= 15 is 0 Å². The molecule has 0 amide bonds. The molecule has 1 aromatic rings. The minimum absolute atomic E-state index is 0.0869. The van der Waals surface area contributed by atoms with Crippen LogP contribution in [0.5, 0.6) is 0 Å². The van der Waals surface area contributed by atoms with Crippen molar-refractivity contribution in [3.8, 4) is 0 Å². The number of nitrogens with zero attached hydrogens (tertiary/aromatic N) is 3. The summed E-state index contributed by atoms with van der Waals surface area (Å²) in [5.74, 6) is 0.398. The predicted molar refractivity (Wildman–Crippen MR) is 60.5 cm³/mol. The molecular formula is C9H14ClN5O. The van der Waals surface area contributed by atoms with E-state index in [1.807, 2.05) is 0 Å². The minimum atomic E-state index is -0.388. The van der Waals surface area contributed by atoms with Crippen LogP contribution in [-0.4, -0.2) is 45.5 Å². The molecular weight excluding hydrogens is 230 g/mol. The van der Waals surface area contributed by atoms with Crippen LogP contribution in [0.4, 0.5) is 5.95 Å². The van der Waals surface area contributed by atoms with E-state index in [4.69, 9.17) is 11.6 Å². The summed E-state index contributed by atoms with van der Waals surface area (Å²) in [7, 11) is 0. The maximum absolute atomic E-state index is 9.75. The van der Waals surface area contributed by atoms with Crippen LogP contribution >= 0.6 is 11.6 Å². The molecule has 2 atom stereocenters. The first-order valence-electron chi connectivity index (χ1n) is 5.19. The van der Waals surface area contributed by atoms with Gasteiger partial charge >= 0.3 is 0 Å². The second-order valence-corrected chi connectivity index (χ2v) is 4.18. The van der Waals surface area contributed by atoms with E-state index in [-0.39, 0.29) is 12.1 Å². The first-order chi connectivity index (χ1) is 7.66. The molecule has 1 aliphatic heterocycles. The number of hydrogen-bond donors (Lipinski definition) is 3. The van der Waals surface area contributed by atoms with Gasteiger partial charge in [-0.3, -0.25) is 0 Å². The van der Waals surface area contributed by atoms with Crippen molar-refractivity contribution < 1.29 is 5.11 Å². The summed E-state index contributed by atoms with van der Waals surface area (Å²) in [5, 5.41) is 23.9. The maximum atomic E-state index is 9.75. The van der Waals surface area contributed by atoms with Crippen molar-refractivity contribution in [3.05, 3.63) is 10.8 Å². The lowest BCUT2D eigenvalue weighted by Crippen LogP contribution is -2.48. The Morgan fingerprint density at radius 2 is 2.31 bits per heavy atom. The van der Waals surface area contributed by atoms with Gasteiger partial charge in [0, 0.05) is 6.54 Å². The summed E-state index contributed by atoms with van der Waals surface area (Å²) in [6.07, 6.45) is 0.332. The topological polar surface area (TPSA) is 83.0 Å². The fourth-order valence-electron chi connectivity index (χ4n) is 1.61. The number of aliphatic hydroxyl groups is 1. The SMILES string of the molecule is Cc1nc(N[C@H]2CNCC[C@@H]2O)nnc1Cl. The molecule has 88 valence electrons. The van der Waals surface area contributed by atoms with Gasteiger partial charge in [-0.15, -0.1) is 10.2 Å². The van der Waals surface area contributed by atoms with Crippen LogP contribution in [0.1, 0.15) is 12.1 Å². The average Bonchev–Trinajstić information content (AvgIpc) is 2.27. The van der Waals surface area contributed by atoms with Gasteiger partial charge in [-0.1, -0.05) is 11.6 Å². The Balaban J connectivity index is 2.05. The molecule has 7 heteroatoms. The molecule has 1 aromatic heterocycles. The van der Waals surface area contributed by atoms with Crippen molar-refractivity contribution in [1.82, 2.24) is 20.5 Å². The summed E-state index contributed by atoms with van der Waals surface area (Å²) in [6, 6.07) is -0.0869. The number of rotatable bonds is 2. The number of nitrogens with one attached hydrogen (secondary N) is 2. The largest absolute Gasteiger partial charge is 0.391 e. The molecule has 16 heavy (non-hydrogen) atoms. The van der Waals surface area contributed by atoms with Gasteiger partial charge in [0.2, 0.25) is 5.95 Å². The van der Waals surface area contributed by atoms with E-state index in [2.05, 4.69) is 25.8 Å². The first kappa shape index (κ1) is 11.5. The molecule has 0 saturated carbocycles. The van der Waals surface area contributed by atoms with Gasteiger partial charge in [0.25, 0.3) is 0 Å².